The van der Waals surface area contributed by atoms with Crippen molar-refractivity contribution in [3.63, 3.8) is 0 Å². The lowest BCUT2D eigenvalue weighted by Crippen LogP contribution is -1.86. The molecule has 0 atom stereocenters. The summed E-state index contributed by atoms with van der Waals surface area (Å²) in [6.07, 6.45) is 3.34. The first-order valence-corrected chi connectivity index (χ1v) is 4.29. The summed E-state index contributed by atoms with van der Waals surface area (Å²) in [6, 6.07) is 9.54. The highest BCUT2D eigenvalue weighted by Gasteiger charge is 1.93. The van der Waals surface area contributed by atoms with Crippen LogP contribution in [-0.4, -0.2) is 6.29 Å². The van der Waals surface area contributed by atoms with Crippen LogP contribution in [0.5, 0.6) is 0 Å². The summed E-state index contributed by atoms with van der Waals surface area (Å²) < 4.78 is 0. The molecule has 1 rings (SSSR count). The maximum atomic E-state index is 10.1. The molecule has 0 aliphatic carbocycles. The van der Waals surface area contributed by atoms with Gasteiger partial charge >= 0.3 is 0 Å². The number of hydrogen-bond donors (Lipinski definition) is 0. The molecule has 0 aliphatic heterocycles. The van der Waals surface area contributed by atoms with Crippen LogP contribution < -0.4 is 0 Å². The summed E-state index contributed by atoms with van der Waals surface area (Å²) in [5.74, 6) is 0. The van der Waals surface area contributed by atoms with E-state index in [0.29, 0.717) is 12.0 Å². The fraction of sp³-hybridized carbons (Fsp3) is 0.273. The maximum absolute atomic E-state index is 10.1. The molecular formula is C11H11NO. The van der Waals surface area contributed by atoms with Gasteiger partial charge < -0.3 is 4.79 Å². The van der Waals surface area contributed by atoms with Gasteiger partial charge in [0.05, 0.1) is 11.6 Å². The molecule has 1 aromatic carbocycles. The van der Waals surface area contributed by atoms with Crippen molar-refractivity contribution in [1.82, 2.24) is 0 Å². The molecule has 0 fully saturated rings. The first kappa shape index (κ1) is 9.47. The number of aldehydes is 1. The summed E-state index contributed by atoms with van der Waals surface area (Å²) in [4.78, 5) is 10.1. The van der Waals surface area contributed by atoms with E-state index in [1.165, 1.54) is 5.56 Å². The van der Waals surface area contributed by atoms with Crippen molar-refractivity contribution in [1.29, 1.82) is 5.26 Å². The summed E-state index contributed by atoms with van der Waals surface area (Å²) in [6.45, 7) is 0. The molecule has 0 saturated carbocycles. The molecule has 0 radical (unpaired) electrons. The molecule has 0 aromatic heterocycles. The Kier molecular flexibility index (Phi) is 3.72. The van der Waals surface area contributed by atoms with E-state index in [1.54, 1.807) is 12.1 Å². The zero-order valence-corrected chi connectivity index (χ0v) is 7.36. The van der Waals surface area contributed by atoms with Crippen LogP contribution in [0.25, 0.3) is 0 Å². The van der Waals surface area contributed by atoms with Gasteiger partial charge in [-0.2, -0.15) is 5.26 Å². The van der Waals surface area contributed by atoms with Gasteiger partial charge in [-0.3, -0.25) is 0 Å². The van der Waals surface area contributed by atoms with Crippen LogP contribution in [-0.2, 0) is 11.2 Å². The Labute approximate surface area is 77.8 Å². The van der Waals surface area contributed by atoms with Gasteiger partial charge in [0.15, 0.2) is 0 Å². The highest BCUT2D eigenvalue weighted by Crippen LogP contribution is 2.06. The van der Waals surface area contributed by atoms with E-state index in [9.17, 15) is 4.79 Å². The zero-order chi connectivity index (χ0) is 9.52. The van der Waals surface area contributed by atoms with E-state index in [4.69, 9.17) is 5.26 Å². The van der Waals surface area contributed by atoms with E-state index in [0.717, 1.165) is 19.1 Å². The molecule has 0 heterocycles. The topological polar surface area (TPSA) is 40.9 Å². The number of unbranched alkanes of at least 4 members (excludes halogenated alkanes) is 1. The molecule has 1 aromatic rings. The first-order valence-electron chi connectivity index (χ1n) is 4.29. The first-order chi connectivity index (χ1) is 6.36. The number of hydrogen-bond acceptors (Lipinski definition) is 2. The van der Waals surface area contributed by atoms with Gasteiger partial charge in [0, 0.05) is 6.42 Å². The van der Waals surface area contributed by atoms with Crippen LogP contribution in [0.3, 0.4) is 0 Å². The number of nitrogens with zero attached hydrogens (tertiary/aromatic N) is 1. The summed E-state index contributed by atoms with van der Waals surface area (Å²) in [7, 11) is 0. The minimum Gasteiger partial charge on any atom is -0.303 e. The molecule has 2 nitrogen and oxygen atoms in total. The largest absolute Gasteiger partial charge is 0.303 e. The Morgan fingerprint density at radius 1 is 1.31 bits per heavy atom. The summed E-state index contributed by atoms with van der Waals surface area (Å²) in [5, 5.41) is 8.55. The maximum Gasteiger partial charge on any atom is 0.120 e. The fourth-order valence-electron chi connectivity index (χ4n) is 1.14. The molecule has 0 amide bonds. The fourth-order valence-corrected chi connectivity index (χ4v) is 1.14. The molecule has 0 aliphatic rings. The third-order valence-corrected chi connectivity index (χ3v) is 1.87. The van der Waals surface area contributed by atoms with Crippen molar-refractivity contribution in [2.24, 2.45) is 0 Å². The molecule has 0 saturated heterocycles. The van der Waals surface area contributed by atoms with Crippen LogP contribution >= 0.6 is 0 Å². The Hall–Kier alpha value is -1.62. The second kappa shape index (κ2) is 5.10. The van der Waals surface area contributed by atoms with Crippen LogP contribution in [0, 0.1) is 11.3 Å². The molecule has 0 N–H and O–H groups in total. The van der Waals surface area contributed by atoms with Gasteiger partial charge in [-0.15, -0.1) is 0 Å². The smallest absolute Gasteiger partial charge is 0.120 e. The van der Waals surface area contributed by atoms with Crippen molar-refractivity contribution in [2.75, 3.05) is 0 Å². The van der Waals surface area contributed by atoms with Gasteiger partial charge in [0.25, 0.3) is 0 Å². The minimum absolute atomic E-state index is 0.611. The average Bonchev–Trinajstić information content (AvgIpc) is 2.19. The number of carbonyl (C=O) groups is 1. The van der Waals surface area contributed by atoms with Crippen LogP contribution in [0.15, 0.2) is 24.3 Å². The Morgan fingerprint density at radius 2 is 2.00 bits per heavy atom. The predicted molar refractivity (Wildman–Crippen MR) is 50.2 cm³/mol. The van der Waals surface area contributed by atoms with Gasteiger partial charge in [-0.25, -0.2) is 0 Å². The van der Waals surface area contributed by atoms with E-state index in [-0.39, 0.29) is 0 Å². The van der Waals surface area contributed by atoms with Gasteiger partial charge in [0.2, 0.25) is 0 Å². The second-order valence-corrected chi connectivity index (χ2v) is 2.87. The normalized spacial score (nSPS) is 9.15. The monoisotopic (exact) mass is 173 g/mol. The van der Waals surface area contributed by atoms with Crippen molar-refractivity contribution < 1.29 is 4.79 Å². The standard InChI is InChI=1S/C11H11NO/c12-9-11-6-4-10(5-7-11)3-1-2-8-13/h4-8H,1-3H2. The molecule has 66 valence electrons. The summed E-state index contributed by atoms with van der Waals surface area (Å²) in [5.41, 5.74) is 1.86. The van der Waals surface area contributed by atoms with E-state index >= 15 is 0 Å². The second-order valence-electron chi connectivity index (χ2n) is 2.87. The van der Waals surface area contributed by atoms with E-state index in [1.807, 2.05) is 12.1 Å². The van der Waals surface area contributed by atoms with Crippen molar-refractivity contribution >= 4 is 6.29 Å². The third kappa shape index (κ3) is 3.08. The SMILES string of the molecule is N#Cc1ccc(CCCC=O)cc1. The van der Waals surface area contributed by atoms with Gasteiger partial charge in [0.1, 0.15) is 6.29 Å². The van der Waals surface area contributed by atoms with Crippen LogP contribution in [0.1, 0.15) is 24.0 Å². The summed E-state index contributed by atoms with van der Waals surface area (Å²) >= 11 is 0. The minimum atomic E-state index is 0.611. The lowest BCUT2D eigenvalue weighted by molar-refractivity contribution is -0.107. The van der Waals surface area contributed by atoms with Crippen molar-refractivity contribution in [3.8, 4) is 6.07 Å². The highest BCUT2D eigenvalue weighted by atomic mass is 16.1. The average molecular weight is 173 g/mol. The quantitative estimate of drug-likeness (QED) is 0.516. The molecule has 0 bridgehead atoms. The van der Waals surface area contributed by atoms with Gasteiger partial charge in [-0.1, -0.05) is 12.1 Å². The van der Waals surface area contributed by atoms with Crippen LogP contribution in [0.2, 0.25) is 0 Å². The zero-order valence-electron chi connectivity index (χ0n) is 7.36. The van der Waals surface area contributed by atoms with Crippen molar-refractivity contribution in [3.05, 3.63) is 35.4 Å². The van der Waals surface area contributed by atoms with E-state index < -0.39 is 0 Å². The Bertz CT molecular complexity index is 308. The van der Waals surface area contributed by atoms with Crippen molar-refractivity contribution in [2.45, 2.75) is 19.3 Å². The highest BCUT2D eigenvalue weighted by molar-refractivity contribution is 5.49. The lowest BCUT2D eigenvalue weighted by Gasteiger charge is -1.97. The molecule has 0 unspecified atom stereocenters. The van der Waals surface area contributed by atoms with E-state index in [2.05, 4.69) is 6.07 Å². The number of benzene rings is 1. The molecule has 0 spiro atoms. The number of nitriles is 1. The molecular weight excluding hydrogens is 162 g/mol. The molecule has 13 heavy (non-hydrogen) atoms. The van der Waals surface area contributed by atoms with Gasteiger partial charge in [-0.05, 0) is 30.5 Å². The number of carbonyl (C=O) groups excluding carboxylic acids is 1. The third-order valence-electron chi connectivity index (χ3n) is 1.87. The Morgan fingerprint density at radius 3 is 2.54 bits per heavy atom. The lowest BCUT2D eigenvalue weighted by atomic mass is 10.1. The predicted octanol–water partition coefficient (Wildman–Crippen LogP) is 2.08. The van der Waals surface area contributed by atoms with Crippen LogP contribution in [0.4, 0.5) is 0 Å². The molecule has 2 heteroatoms. The number of rotatable bonds is 4. The Balaban J connectivity index is 2.50. The number of aryl methyl sites for hydroxylation is 1.